The lowest BCUT2D eigenvalue weighted by molar-refractivity contribution is 0.0513. The van der Waals surface area contributed by atoms with Crippen LogP contribution in [0.2, 0.25) is 0 Å². The van der Waals surface area contributed by atoms with Crippen molar-refractivity contribution in [3.05, 3.63) is 76.1 Å². The SMILES string of the molecule is Cc1cc(C(=O)N(C2CC2)C2CCc3nn(C(=O)OC(C)(C)C)cc3C2)cc(C)c1-c1ccccc1C#N. The maximum Gasteiger partial charge on any atom is 0.435 e. The van der Waals surface area contributed by atoms with Crippen molar-refractivity contribution in [2.75, 3.05) is 0 Å². The highest BCUT2D eigenvalue weighted by Gasteiger charge is 2.40. The van der Waals surface area contributed by atoms with Crippen LogP contribution in [0.5, 0.6) is 0 Å². The van der Waals surface area contributed by atoms with Gasteiger partial charge >= 0.3 is 6.09 Å². The lowest BCUT2D eigenvalue weighted by Gasteiger charge is -2.34. The first-order valence-corrected chi connectivity index (χ1v) is 13.3. The van der Waals surface area contributed by atoms with Crippen molar-refractivity contribution in [3.63, 3.8) is 0 Å². The van der Waals surface area contributed by atoms with E-state index >= 15 is 0 Å². The molecule has 1 heterocycles. The van der Waals surface area contributed by atoms with Crippen molar-refractivity contribution in [1.82, 2.24) is 14.7 Å². The number of fused-ring (bicyclic) bond motifs is 1. The fourth-order valence-corrected chi connectivity index (χ4v) is 5.57. The molecule has 7 heteroatoms. The zero-order valence-electron chi connectivity index (χ0n) is 22.7. The van der Waals surface area contributed by atoms with E-state index in [-0.39, 0.29) is 18.0 Å². The minimum absolute atomic E-state index is 0.0480. The Kier molecular flexibility index (Phi) is 6.60. The number of amides is 1. The summed E-state index contributed by atoms with van der Waals surface area (Å²) in [6, 6.07) is 14.1. The van der Waals surface area contributed by atoms with Crippen LogP contribution >= 0.6 is 0 Å². The summed E-state index contributed by atoms with van der Waals surface area (Å²) in [4.78, 5) is 28.6. The molecule has 2 aliphatic carbocycles. The molecule has 0 spiro atoms. The second kappa shape index (κ2) is 9.75. The Morgan fingerprint density at radius 1 is 1.08 bits per heavy atom. The number of hydrogen-bond donors (Lipinski definition) is 0. The molecule has 1 fully saturated rings. The van der Waals surface area contributed by atoms with E-state index in [9.17, 15) is 14.9 Å². The first-order chi connectivity index (χ1) is 18.1. The van der Waals surface area contributed by atoms with E-state index in [1.807, 2.05) is 71.0 Å². The summed E-state index contributed by atoms with van der Waals surface area (Å²) in [5.41, 5.74) is 6.49. The van der Waals surface area contributed by atoms with E-state index in [0.29, 0.717) is 24.0 Å². The Balaban J connectivity index is 1.40. The average Bonchev–Trinajstić information content (AvgIpc) is 3.59. The van der Waals surface area contributed by atoms with Gasteiger partial charge in [0.25, 0.3) is 5.91 Å². The van der Waals surface area contributed by atoms with E-state index in [1.165, 1.54) is 4.68 Å². The largest absolute Gasteiger partial charge is 0.442 e. The Hall–Kier alpha value is -3.92. The molecule has 1 atom stereocenters. The van der Waals surface area contributed by atoms with Crippen molar-refractivity contribution < 1.29 is 14.3 Å². The van der Waals surface area contributed by atoms with E-state index in [4.69, 9.17) is 4.74 Å². The second-order valence-corrected chi connectivity index (χ2v) is 11.5. The lowest BCUT2D eigenvalue weighted by Crippen LogP contribution is -2.44. The highest BCUT2D eigenvalue weighted by molar-refractivity contribution is 5.96. The van der Waals surface area contributed by atoms with E-state index in [1.54, 1.807) is 6.20 Å². The van der Waals surface area contributed by atoms with Crippen LogP contribution in [-0.4, -0.2) is 44.4 Å². The number of hydrogen-bond acceptors (Lipinski definition) is 5. The van der Waals surface area contributed by atoms with Gasteiger partial charge in [-0.25, -0.2) is 4.79 Å². The van der Waals surface area contributed by atoms with Gasteiger partial charge in [0, 0.05) is 23.8 Å². The third-order valence-electron chi connectivity index (χ3n) is 7.29. The number of benzene rings is 2. The third kappa shape index (κ3) is 5.08. The molecule has 1 unspecified atom stereocenters. The van der Waals surface area contributed by atoms with Crippen LogP contribution in [0.1, 0.15) is 78.3 Å². The highest BCUT2D eigenvalue weighted by Crippen LogP contribution is 2.36. The van der Waals surface area contributed by atoms with Crippen LogP contribution < -0.4 is 0 Å². The molecule has 5 rings (SSSR count). The Morgan fingerprint density at radius 3 is 2.39 bits per heavy atom. The number of ether oxygens (including phenoxy) is 1. The van der Waals surface area contributed by atoms with Gasteiger partial charge in [0.1, 0.15) is 5.60 Å². The quantitative estimate of drug-likeness (QED) is 0.431. The molecule has 0 N–H and O–H groups in total. The van der Waals surface area contributed by atoms with Crippen molar-refractivity contribution in [1.29, 1.82) is 5.26 Å². The Morgan fingerprint density at radius 2 is 1.76 bits per heavy atom. The zero-order valence-corrected chi connectivity index (χ0v) is 22.7. The summed E-state index contributed by atoms with van der Waals surface area (Å²) >= 11 is 0. The van der Waals surface area contributed by atoms with Crippen molar-refractivity contribution in [2.45, 2.75) is 84.4 Å². The predicted octanol–water partition coefficient (Wildman–Crippen LogP) is 5.98. The summed E-state index contributed by atoms with van der Waals surface area (Å²) in [5.74, 6) is 0.0480. The minimum atomic E-state index is -0.593. The molecule has 1 aromatic heterocycles. The fraction of sp³-hybridized carbons (Fsp3) is 0.419. The molecule has 2 aliphatic rings. The fourth-order valence-electron chi connectivity index (χ4n) is 5.57. The third-order valence-corrected chi connectivity index (χ3v) is 7.29. The topological polar surface area (TPSA) is 88.2 Å². The van der Waals surface area contributed by atoms with Crippen LogP contribution in [0.3, 0.4) is 0 Å². The number of nitriles is 1. The first-order valence-electron chi connectivity index (χ1n) is 13.3. The van der Waals surface area contributed by atoms with Gasteiger partial charge in [-0.15, -0.1) is 0 Å². The molecule has 196 valence electrons. The van der Waals surface area contributed by atoms with Crippen molar-refractivity contribution >= 4 is 12.0 Å². The van der Waals surface area contributed by atoms with E-state index < -0.39 is 11.7 Å². The molecule has 3 aromatic rings. The molecule has 0 radical (unpaired) electrons. The lowest BCUT2D eigenvalue weighted by atomic mass is 9.89. The summed E-state index contributed by atoms with van der Waals surface area (Å²) in [6.45, 7) is 9.52. The maximum atomic E-state index is 14.0. The second-order valence-electron chi connectivity index (χ2n) is 11.5. The molecule has 2 aromatic carbocycles. The van der Waals surface area contributed by atoms with Gasteiger partial charge in [-0.05, 0) is 113 Å². The summed E-state index contributed by atoms with van der Waals surface area (Å²) in [6.07, 6.45) is 5.51. The summed E-state index contributed by atoms with van der Waals surface area (Å²) < 4.78 is 6.78. The van der Waals surface area contributed by atoms with E-state index in [2.05, 4.69) is 16.1 Å². The number of rotatable bonds is 4. The smallest absolute Gasteiger partial charge is 0.435 e. The van der Waals surface area contributed by atoms with Crippen LogP contribution in [0.15, 0.2) is 42.6 Å². The van der Waals surface area contributed by atoms with Crippen LogP contribution in [0, 0.1) is 25.2 Å². The van der Waals surface area contributed by atoms with Gasteiger partial charge in [0.2, 0.25) is 0 Å². The zero-order chi connectivity index (χ0) is 27.2. The number of carbonyl (C=O) groups is 2. The molecule has 0 aliphatic heterocycles. The van der Waals surface area contributed by atoms with Crippen LogP contribution in [0.25, 0.3) is 11.1 Å². The van der Waals surface area contributed by atoms with Crippen molar-refractivity contribution in [2.24, 2.45) is 0 Å². The summed E-state index contributed by atoms with van der Waals surface area (Å²) in [7, 11) is 0. The van der Waals surface area contributed by atoms with Gasteiger partial charge in [-0.1, -0.05) is 18.2 Å². The highest BCUT2D eigenvalue weighted by atomic mass is 16.6. The van der Waals surface area contributed by atoms with Crippen LogP contribution in [-0.2, 0) is 17.6 Å². The number of aromatic nitrogens is 2. The molecule has 38 heavy (non-hydrogen) atoms. The minimum Gasteiger partial charge on any atom is -0.442 e. The van der Waals surface area contributed by atoms with Gasteiger partial charge in [0.05, 0.1) is 17.3 Å². The van der Waals surface area contributed by atoms with Gasteiger partial charge in [-0.3, -0.25) is 4.79 Å². The Labute approximate surface area is 224 Å². The molecular weight excluding hydrogens is 476 g/mol. The first kappa shape index (κ1) is 25.7. The molecule has 0 saturated heterocycles. The molecule has 0 bridgehead atoms. The van der Waals surface area contributed by atoms with E-state index in [0.717, 1.165) is 52.8 Å². The standard InChI is InChI=1S/C31H34N4O3/c1-19-14-22(15-20(2)28(19)26-9-7-6-8-21(26)17-32)29(36)35(24-10-11-24)25-12-13-27-23(16-25)18-34(33-27)30(37)38-31(3,4)5/h6-9,14-15,18,24-25H,10-13,16H2,1-5H3. The predicted molar refractivity (Wildman–Crippen MR) is 145 cm³/mol. The average molecular weight is 511 g/mol. The molecule has 7 nitrogen and oxygen atoms in total. The van der Waals surface area contributed by atoms with Crippen LogP contribution in [0.4, 0.5) is 4.79 Å². The van der Waals surface area contributed by atoms with Gasteiger partial charge < -0.3 is 9.64 Å². The van der Waals surface area contributed by atoms with Crippen molar-refractivity contribution in [3.8, 4) is 17.2 Å². The molecule has 1 amide bonds. The molecule has 1 saturated carbocycles. The molecular formula is C31H34N4O3. The number of aryl methyl sites for hydroxylation is 3. The maximum absolute atomic E-state index is 14.0. The monoisotopic (exact) mass is 510 g/mol. The number of carbonyl (C=O) groups excluding carboxylic acids is 2. The number of nitrogens with zero attached hydrogens (tertiary/aromatic N) is 4. The summed E-state index contributed by atoms with van der Waals surface area (Å²) in [5, 5.41) is 14.1. The Bertz CT molecular complexity index is 1430. The van der Waals surface area contributed by atoms with Gasteiger partial charge in [-0.2, -0.15) is 15.0 Å². The normalized spacial score (nSPS) is 16.9. The van der Waals surface area contributed by atoms with Gasteiger partial charge in [0.15, 0.2) is 0 Å².